The topological polar surface area (TPSA) is 124 Å². The van der Waals surface area contributed by atoms with E-state index < -0.39 is 35.8 Å². The van der Waals surface area contributed by atoms with Crippen LogP contribution in [0.4, 0.5) is 0 Å². The molecule has 2 aromatic rings. The largest absolute Gasteiger partial charge is 0.507 e. The number of aromatic hydroxyl groups is 1. The molecule has 5 atom stereocenters. The Kier molecular flexibility index (Phi) is 4.80. The number of aliphatic hydroxyl groups excluding tert-OH is 2. The Morgan fingerprint density at radius 1 is 1.03 bits per heavy atom. The maximum absolute atomic E-state index is 13.4. The number of hydrogen-bond donors (Lipinski definition) is 4. The molecule has 2 aliphatic carbocycles. The summed E-state index contributed by atoms with van der Waals surface area (Å²) >= 11 is 0. The summed E-state index contributed by atoms with van der Waals surface area (Å²) in [6.07, 6.45) is -1.96. The molecule has 0 unspecified atom stereocenters. The number of carbonyl (C=O) groups is 2. The normalized spacial score (nSPS) is 31.7. The molecule has 7 nitrogen and oxygen atoms in total. The minimum absolute atomic E-state index is 0.0559. The van der Waals surface area contributed by atoms with Crippen LogP contribution in [0, 0.1) is 0 Å². The summed E-state index contributed by atoms with van der Waals surface area (Å²) in [7, 11) is 0. The fourth-order valence-electron chi connectivity index (χ4n) is 5.31. The van der Waals surface area contributed by atoms with Crippen LogP contribution in [-0.4, -0.2) is 55.9 Å². The Hall–Kier alpha value is -2.58. The lowest BCUT2D eigenvalue weighted by Gasteiger charge is -2.36. The van der Waals surface area contributed by atoms with Gasteiger partial charge in [0, 0.05) is 35.1 Å². The van der Waals surface area contributed by atoms with Crippen LogP contribution < -0.4 is 0 Å². The number of aliphatic hydroxyl groups is 3. The van der Waals surface area contributed by atoms with Crippen LogP contribution in [0.25, 0.3) is 0 Å². The molecule has 0 saturated carbocycles. The fraction of sp³-hybridized carbons (Fsp3) is 0.440. The maximum Gasteiger partial charge on any atom is 0.198 e. The molecule has 1 saturated heterocycles. The number of rotatable bonds is 1. The third-order valence-corrected chi connectivity index (χ3v) is 7.10. The van der Waals surface area contributed by atoms with E-state index in [0.717, 1.165) is 11.1 Å². The third kappa shape index (κ3) is 3.11. The highest BCUT2D eigenvalue weighted by Crippen LogP contribution is 2.43. The van der Waals surface area contributed by atoms with Crippen LogP contribution in [0.5, 0.6) is 5.75 Å². The van der Waals surface area contributed by atoms with Crippen LogP contribution in [0.3, 0.4) is 0 Å². The first kappa shape index (κ1) is 21.3. The molecular weight excluding hydrogens is 412 g/mol. The summed E-state index contributed by atoms with van der Waals surface area (Å²) in [5, 5.41) is 41.5. The molecule has 0 amide bonds. The van der Waals surface area contributed by atoms with Crippen molar-refractivity contribution in [3.05, 3.63) is 63.2 Å². The second-order valence-corrected chi connectivity index (χ2v) is 9.51. The summed E-state index contributed by atoms with van der Waals surface area (Å²) in [6, 6.07) is 6.45. The summed E-state index contributed by atoms with van der Waals surface area (Å²) in [4.78, 5) is 26.9. The fourth-order valence-corrected chi connectivity index (χ4v) is 5.31. The standard InChI is InChI=1S/C25H26O7/c1-11-21(27)17(26)9-18(32-11)14-5-6-16-20(22(14)28)24(30)15-4-3-12-10-25(2,31)8-7-13(12)19(15)23(16)29/h3-6,11,17-18,21,26-28,31H,7-10H2,1-2H3/t11-,17-,18-,21-,25+/m1/s1. The van der Waals surface area contributed by atoms with Gasteiger partial charge in [0.1, 0.15) is 11.9 Å². The van der Waals surface area contributed by atoms with Crippen LogP contribution in [0.1, 0.15) is 81.3 Å². The second kappa shape index (κ2) is 7.22. The van der Waals surface area contributed by atoms with E-state index in [2.05, 4.69) is 0 Å². The van der Waals surface area contributed by atoms with Crippen molar-refractivity contribution in [2.24, 2.45) is 0 Å². The number of fused-ring (bicyclic) bond motifs is 4. The van der Waals surface area contributed by atoms with Crippen molar-refractivity contribution in [2.75, 3.05) is 0 Å². The molecule has 32 heavy (non-hydrogen) atoms. The lowest BCUT2D eigenvalue weighted by atomic mass is 9.73. The average molecular weight is 438 g/mol. The monoisotopic (exact) mass is 438 g/mol. The number of ketones is 2. The predicted octanol–water partition coefficient (Wildman–Crippen LogP) is 1.98. The Labute approximate surface area is 185 Å². The molecule has 5 rings (SSSR count). The van der Waals surface area contributed by atoms with E-state index in [-0.39, 0.29) is 34.6 Å². The van der Waals surface area contributed by atoms with Crippen LogP contribution in [0.2, 0.25) is 0 Å². The predicted molar refractivity (Wildman–Crippen MR) is 114 cm³/mol. The van der Waals surface area contributed by atoms with E-state index in [0.29, 0.717) is 30.4 Å². The van der Waals surface area contributed by atoms with Crippen LogP contribution in [-0.2, 0) is 17.6 Å². The molecule has 1 heterocycles. The SMILES string of the molecule is C[C@H]1O[C@@H](c2ccc3c(c2O)C(=O)c2ccc4c(c2C3=O)CC[C@](C)(O)C4)C[C@@H](O)[C@@H]1O. The first-order chi connectivity index (χ1) is 15.1. The van der Waals surface area contributed by atoms with Gasteiger partial charge in [0.15, 0.2) is 11.6 Å². The molecule has 168 valence electrons. The van der Waals surface area contributed by atoms with E-state index in [9.17, 15) is 30.0 Å². The zero-order valence-electron chi connectivity index (χ0n) is 18.0. The van der Waals surface area contributed by atoms with Gasteiger partial charge >= 0.3 is 0 Å². The molecule has 1 fully saturated rings. The number of phenolic OH excluding ortho intramolecular Hbond substituents is 1. The van der Waals surface area contributed by atoms with Crippen molar-refractivity contribution >= 4 is 11.6 Å². The zero-order chi connectivity index (χ0) is 22.9. The highest BCUT2D eigenvalue weighted by molar-refractivity contribution is 6.30. The number of ether oxygens (including phenoxy) is 1. The lowest BCUT2D eigenvalue weighted by Crippen LogP contribution is -2.44. The molecule has 0 bridgehead atoms. The summed E-state index contributed by atoms with van der Waals surface area (Å²) in [6.45, 7) is 3.39. The van der Waals surface area contributed by atoms with Gasteiger partial charge in [-0.3, -0.25) is 9.59 Å². The smallest absolute Gasteiger partial charge is 0.198 e. The number of benzene rings is 2. The van der Waals surface area contributed by atoms with Crippen LogP contribution in [0.15, 0.2) is 24.3 Å². The van der Waals surface area contributed by atoms with Crippen molar-refractivity contribution in [3.63, 3.8) is 0 Å². The molecular formula is C25H26O7. The molecule has 2 aromatic carbocycles. The van der Waals surface area contributed by atoms with Crippen molar-refractivity contribution < 1.29 is 34.8 Å². The Bertz CT molecular complexity index is 1140. The van der Waals surface area contributed by atoms with Gasteiger partial charge in [0.25, 0.3) is 0 Å². The van der Waals surface area contributed by atoms with E-state index in [1.165, 1.54) is 6.07 Å². The average Bonchev–Trinajstić information content (AvgIpc) is 2.73. The Morgan fingerprint density at radius 2 is 1.69 bits per heavy atom. The first-order valence-corrected chi connectivity index (χ1v) is 10.9. The Morgan fingerprint density at radius 3 is 2.41 bits per heavy atom. The van der Waals surface area contributed by atoms with Gasteiger partial charge in [-0.25, -0.2) is 0 Å². The minimum atomic E-state index is -1.03. The van der Waals surface area contributed by atoms with Gasteiger partial charge in [0.2, 0.25) is 0 Å². The second-order valence-electron chi connectivity index (χ2n) is 9.51. The van der Waals surface area contributed by atoms with Crippen molar-refractivity contribution in [3.8, 4) is 5.75 Å². The molecule has 0 spiro atoms. The van der Waals surface area contributed by atoms with Crippen LogP contribution >= 0.6 is 0 Å². The minimum Gasteiger partial charge on any atom is -0.507 e. The highest BCUT2D eigenvalue weighted by atomic mass is 16.5. The number of phenols is 1. The first-order valence-electron chi connectivity index (χ1n) is 10.9. The van der Waals surface area contributed by atoms with Gasteiger partial charge in [-0.15, -0.1) is 0 Å². The molecule has 0 aromatic heterocycles. The summed E-state index contributed by atoms with van der Waals surface area (Å²) < 4.78 is 5.76. The number of hydrogen-bond acceptors (Lipinski definition) is 7. The van der Waals surface area contributed by atoms with E-state index in [1.807, 2.05) is 0 Å². The van der Waals surface area contributed by atoms with E-state index >= 15 is 0 Å². The van der Waals surface area contributed by atoms with Gasteiger partial charge in [-0.1, -0.05) is 12.1 Å². The summed E-state index contributed by atoms with van der Waals surface area (Å²) in [5.41, 5.74) is 1.82. The maximum atomic E-state index is 13.4. The van der Waals surface area contributed by atoms with Crippen molar-refractivity contribution in [1.29, 1.82) is 0 Å². The van der Waals surface area contributed by atoms with Gasteiger partial charge in [-0.2, -0.15) is 0 Å². The van der Waals surface area contributed by atoms with Gasteiger partial charge in [0.05, 0.1) is 29.5 Å². The quantitative estimate of drug-likeness (QED) is 0.458. The highest BCUT2D eigenvalue weighted by Gasteiger charge is 2.40. The van der Waals surface area contributed by atoms with Crippen molar-refractivity contribution in [1.82, 2.24) is 0 Å². The van der Waals surface area contributed by atoms with Crippen molar-refractivity contribution in [2.45, 2.75) is 69.5 Å². The number of carbonyl (C=O) groups excluding carboxylic acids is 2. The zero-order valence-corrected chi connectivity index (χ0v) is 18.0. The molecule has 3 aliphatic rings. The van der Waals surface area contributed by atoms with Gasteiger partial charge < -0.3 is 25.2 Å². The third-order valence-electron chi connectivity index (χ3n) is 7.10. The molecule has 0 radical (unpaired) electrons. The lowest BCUT2D eigenvalue weighted by molar-refractivity contribution is -0.163. The molecule has 1 aliphatic heterocycles. The molecule has 4 N–H and O–H groups in total. The van der Waals surface area contributed by atoms with Gasteiger partial charge in [-0.05, 0) is 49.9 Å². The van der Waals surface area contributed by atoms with E-state index in [4.69, 9.17) is 4.74 Å². The Balaban J connectivity index is 1.59. The molecule has 7 heteroatoms. The summed E-state index contributed by atoms with van der Waals surface area (Å²) in [5.74, 6) is -1.07. The van der Waals surface area contributed by atoms with E-state index in [1.54, 1.807) is 32.0 Å².